The van der Waals surface area contributed by atoms with E-state index in [1.807, 2.05) is 60.7 Å². The third-order valence-corrected chi connectivity index (χ3v) is 16.8. The van der Waals surface area contributed by atoms with Crippen molar-refractivity contribution in [2.75, 3.05) is 6.16 Å². The van der Waals surface area contributed by atoms with Crippen molar-refractivity contribution in [3.05, 3.63) is 72.3 Å². The average Bonchev–Trinajstić information content (AvgIpc) is 2.83. The molecule has 190 valence electrons. The predicted molar refractivity (Wildman–Crippen MR) is 154 cm³/mol. The maximum absolute atomic E-state index is 14.8. The Hall–Kier alpha value is -1.41. The first kappa shape index (κ1) is 26.6. The summed E-state index contributed by atoms with van der Waals surface area (Å²) in [7, 11) is -4.80. The van der Waals surface area contributed by atoms with Gasteiger partial charge in [-0.25, -0.2) is 0 Å². The lowest BCUT2D eigenvalue weighted by Gasteiger charge is -2.58. The van der Waals surface area contributed by atoms with Crippen LogP contribution in [-0.4, -0.2) is 20.1 Å². The van der Waals surface area contributed by atoms with Crippen LogP contribution >= 0.6 is 7.14 Å². The summed E-state index contributed by atoms with van der Waals surface area (Å²) in [5.74, 6) is 0. The molecule has 1 atom stereocenters. The van der Waals surface area contributed by atoms with Crippen molar-refractivity contribution < 1.29 is 8.99 Å². The van der Waals surface area contributed by atoms with Crippen molar-refractivity contribution >= 4 is 26.1 Å². The summed E-state index contributed by atoms with van der Waals surface area (Å²) >= 11 is 0. The van der Waals surface area contributed by atoms with Crippen LogP contribution in [0.1, 0.15) is 72.6 Å². The van der Waals surface area contributed by atoms with Crippen LogP contribution < -0.4 is 10.6 Å². The monoisotopic (exact) mass is 508 g/mol. The van der Waals surface area contributed by atoms with Gasteiger partial charge in [0.15, 0.2) is 8.32 Å². The molecule has 1 aliphatic carbocycles. The molecule has 0 amide bonds. The van der Waals surface area contributed by atoms with E-state index in [0.717, 1.165) is 23.5 Å². The van der Waals surface area contributed by atoms with Crippen molar-refractivity contribution in [1.29, 1.82) is 0 Å². The van der Waals surface area contributed by atoms with Gasteiger partial charge in [0.2, 0.25) is 0 Å². The van der Waals surface area contributed by atoms with E-state index in [-0.39, 0.29) is 16.1 Å². The molecule has 2 fully saturated rings. The van der Waals surface area contributed by atoms with Crippen LogP contribution in [0.4, 0.5) is 0 Å². The van der Waals surface area contributed by atoms with Crippen molar-refractivity contribution in [1.82, 2.24) is 0 Å². The molecule has 1 saturated heterocycles. The van der Waals surface area contributed by atoms with Crippen LogP contribution in [0, 0.1) is 5.41 Å². The molecule has 0 N–H and O–H groups in total. The quantitative estimate of drug-likeness (QED) is 0.235. The summed E-state index contributed by atoms with van der Waals surface area (Å²) < 4.78 is 22.3. The second-order valence-corrected chi connectivity index (χ2v) is 20.0. The Morgan fingerprint density at radius 3 is 1.97 bits per heavy atom. The topological polar surface area (TPSA) is 26.3 Å². The smallest absolute Gasteiger partial charge is 0.193 e. The second kappa shape index (κ2) is 9.80. The molecule has 35 heavy (non-hydrogen) atoms. The highest BCUT2D eigenvalue weighted by molar-refractivity contribution is 7.78. The van der Waals surface area contributed by atoms with Gasteiger partial charge in [-0.1, -0.05) is 101 Å². The molecule has 2 aromatic rings. The van der Waals surface area contributed by atoms with Crippen molar-refractivity contribution in [2.45, 2.75) is 96.4 Å². The van der Waals surface area contributed by atoms with E-state index in [4.69, 9.17) is 4.43 Å². The molecule has 2 nitrogen and oxygen atoms in total. The lowest BCUT2D eigenvalue weighted by Crippen LogP contribution is -2.59. The molecule has 4 heteroatoms. The van der Waals surface area contributed by atoms with E-state index < -0.39 is 15.5 Å². The van der Waals surface area contributed by atoms with Crippen molar-refractivity contribution in [3.8, 4) is 0 Å². The minimum absolute atomic E-state index is 0.0590. The fourth-order valence-electron chi connectivity index (χ4n) is 6.33. The Labute approximate surface area is 215 Å². The summed E-state index contributed by atoms with van der Waals surface area (Å²) in [6.07, 6.45) is 11.1. The minimum atomic E-state index is -2.80. The Kier molecular flexibility index (Phi) is 7.46. The Bertz CT molecular complexity index is 1040. The molecular formula is C31H45O2PSi. The van der Waals surface area contributed by atoms with Crippen LogP contribution in [0.25, 0.3) is 0 Å². The maximum atomic E-state index is 14.8. The van der Waals surface area contributed by atoms with Gasteiger partial charge in [0.1, 0.15) is 7.14 Å². The Morgan fingerprint density at radius 1 is 0.829 bits per heavy atom. The van der Waals surface area contributed by atoms with Crippen LogP contribution in [0.3, 0.4) is 0 Å². The van der Waals surface area contributed by atoms with Crippen LogP contribution in [0.5, 0.6) is 0 Å². The third-order valence-electron chi connectivity index (χ3n) is 9.44. The first-order chi connectivity index (χ1) is 16.4. The van der Waals surface area contributed by atoms with Gasteiger partial charge in [-0.2, -0.15) is 0 Å². The van der Waals surface area contributed by atoms with Gasteiger partial charge < -0.3 is 8.99 Å². The van der Waals surface area contributed by atoms with Crippen LogP contribution in [-0.2, 0) is 8.99 Å². The third kappa shape index (κ3) is 4.94. The second-order valence-electron chi connectivity index (χ2n) is 12.6. The van der Waals surface area contributed by atoms with Gasteiger partial charge in [-0.3, -0.25) is 0 Å². The number of hydrogen-bond donors (Lipinski definition) is 0. The number of hydrogen-bond acceptors (Lipinski definition) is 2. The Balaban J connectivity index is 1.81. The largest absolute Gasteiger partial charge is 0.407 e. The molecule has 2 aromatic carbocycles. The van der Waals surface area contributed by atoms with E-state index in [1.54, 1.807) is 0 Å². The molecule has 1 spiro atoms. The highest BCUT2D eigenvalue weighted by Gasteiger charge is 2.56. The van der Waals surface area contributed by atoms with Crippen molar-refractivity contribution in [3.63, 3.8) is 0 Å². The first-order valence-corrected chi connectivity index (χ1v) is 18.3. The lowest BCUT2D eigenvalue weighted by molar-refractivity contribution is -0.0539. The molecule has 1 heterocycles. The molecule has 0 bridgehead atoms. The van der Waals surface area contributed by atoms with Gasteiger partial charge in [0, 0.05) is 16.8 Å². The molecule has 0 radical (unpaired) electrons. The van der Waals surface area contributed by atoms with Crippen molar-refractivity contribution in [2.24, 2.45) is 5.41 Å². The van der Waals surface area contributed by atoms with Crippen LogP contribution in [0.15, 0.2) is 72.3 Å². The molecule has 4 rings (SSSR count). The zero-order valence-electron chi connectivity index (χ0n) is 22.8. The van der Waals surface area contributed by atoms with Gasteiger partial charge in [-0.05, 0) is 67.6 Å². The molecule has 1 aliphatic heterocycles. The molecule has 1 unspecified atom stereocenters. The zero-order chi connectivity index (χ0) is 25.4. The standard InChI is InChI=1S/C31H45O2PSi/c1-29(2)22-15-23-30(3,4)35(5,6)33-31(29)24-14-13-16-26(31)21-25-34(32,27-17-9-7-10-18-27)28-19-11-8-12-20-28/h7-12,17-21H,13-16,22-25H2,1-6H3. The van der Waals surface area contributed by atoms with E-state index in [2.05, 4.69) is 46.9 Å². The maximum Gasteiger partial charge on any atom is 0.193 e. The lowest BCUT2D eigenvalue weighted by atomic mass is 9.62. The number of allylic oxidation sites excluding steroid dienone is 1. The summed E-state index contributed by atoms with van der Waals surface area (Å²) in [4.78, 5) is 0. The van der Waals surface area contributed by atoms with E-state index in [1.165, 1.54) is 37.7 Å². The van der Waals surface area contributed by atoms with Gasteiger partial charge in [0.25, 0.3) is 0 Å². The van der Waals surface area contributed by atoms with Gasteiger partial charge >= 0.3 is 0 Å². The molecule has 0 aromatic heterocycles. The van der Waals surface area contributed by atoms with E-state index >= 15 is 0 Å². The fourth-order valence-corrected chi connectivity index (χ4v) is 11.3. The number of rotatable bonds is 4. The minimum Gasteiger partial charge on any atom is -0.407 e. The van der Waals surface area contributed by atoms with E-state index in [9.17, 15) is 4.57 Å². The number of benzene rings is 2. The summed E-state index contributed by atoms with van der Waals surface area (Å²) in [5.41, 5.74) is 1.22. The summed E-state index contributed by atoms with van der Waals surface area (Å²) in [5, 5.41) is 2.13. The van der Waals surface area contributed by atoms with Gasteiger partial charge in [-0.15, -0.1) is 0 Å². The SMILES string of the molecule is CC1(C)CCCC(C)(C)[Si](C)(C)OC12CCCCC2=CCP(=O)(c1ccccc1)c1ccccc1. The van der Waals surface area contributed by atoms with E-state index in [0.29, 0.717) is 6.16 Å². The molecular weight excluding hydrogens is 463 g/mol. The molecule has 2 aliphatic rings. The first-order valence-electron chi connectivity index (χ1n) is 13.5. The summed E-state index contributed by atoms with van der Waals surface area (Å²) in [6, 6.07) is 20.2. The zero-order valence-corrected chi connectivity index (χ0v) is 24.7. The highest BCUT2D eigenvalue weighted by Crippen LogP contribution is 2.58. The highest BCUT2D eigenvalue weighted by atomic mass is 31.2. The fraction of sp³-hybridized carbons (Fsp3) is 0.548. The van der Waals surface area contributed by atoms with Gasteiger partial charge in [0.05, 0.1) is 5.60 Å². The van der Waals surface area contributed by atoms with Crippen LogP contribution in [0.2, 0.25) is 18.1 Å². The molecule has 1 saturated carbocycles. The average molecular weight is 509 g/mol. The summed E-state index contributed by atoms with van der Waals surface area (Å²) in [6.45, 7) is 14.6. The predicted octanol–water partition coefficient (Wildman–Crippen LogP) is 8.45. The normalized spacial score (nSPS) is 27.3. The Morgan fingerprint density at radius 2 is 1.40 bits per heavy atom.